The van der Waals surface area contributed by atoms with Crippen molar-refractivity contribution in [2.45, 2.75) is 50.2 Å². The van der Waals surface area contributed by atoms with E-state index in [0.29, 0.717) is 5.41 Å². The molecule has 4 aliphatic rings. The zero-order chi connectivity index (χ0) is 17.5. The van der Waals surface area contributed by atoms with Crippen LogP contribution in [0.1, 0.15) is 56.0 Å². The van der Waals surface area contributed by atoms with Crippen LogP contribution in [0.15, 0.2) is 65.9 Å². The van der Waals surface area contributed by atoms with Crippen LogP contribution in [0.5, 0.6) is 0 Å². The minimum absolute atomic E-state index is 0.260. The lowest BCUT2D eigenvalue weighted by Gasteiger charge is -2.48. The second kappa shape index (κ2) is 4.59. The fraction of sp³-hybridized carbons (Fsp3) is 0.348. The molecule has 0 saturated heterocycles. The lowest BCUT2D eigenvalue weighted by molar-refractivity contribution is 0.101. The Morgan fingerprint density at radius 1 is 1.00 bits per heavy atom. The van der Waals surface area contributed by atoms with Gasteiger partial charge in [0.1, 0.15) is 12.0 Å². The van der Waals surface area contributed by atoms with E-state index >= 15 is 0 Å². The summed E-state index contributed by atoms with van der Waals surface area (Å²) in [5.74, 6) is 1.06. The Hall–Kier alpha value is -2.55. The van der Waals surface area contributed by atoms with Crippen LogP contribution in [0, 0.1) is 0 Å². The molecule has 0 spiro atoms. The molecule has 3 aliphatic heterocycles. The van der Waals surface area contributed by atoms with E-state index in [2.05, 4.69) is 84.6 Å². The highest BCUT2D eigenvalue weighted by atomic mass is 15.5. The first-order chi connectivity index (χ1) is 12.8. The van der Waals surface area contributed by atoms with E-state index in [1.165, 1.54) is 30.4 Å². The number of benzene rings is 2. The van der Waals surface area contributed by atoms with Crippen LogP contribution in [0.3, 0.4) is 0 Å². The van der Waals surface area contributed by atoms with Crippen LogP contribution in [0.4, 0.5) is 5.69 Å². The standard InChI is InChI=1S/C23H23N3/c1-3-22-15-23(22,4-2)26-14-13-25-20(16-9-6-5-7-10-16)24-18-12-8-11-17(22)19(18)21(25)26/h5-14,21H,3-4,15H2,1-2H3. The predicted molar refractivity (Wildman–Crippen MR) is 104 cm³/mol. The number of nitrogens with zero attached hydrogens (tertiary/aromatic N) is 3. The Morgan fingerprint density at radius 3 is 2.62 bits per heavy atom. The molecule has 0 bridgehead atoms. The highest BCUT2D eigenvalue weighted by Gasteiger charge is 2.73. The summed E-state index contributed by atoms with van der Waals surface area (Å²) in [7, 11) is 0. The fourth-order valence-electron chi connectivity index (χ4n) is 6.02. The lowest BCUT2D eigenvalue weighted by atomic mass is 9.78. The Bertz CT molecular complexity index is 976. The van der Waals surface area contributed by atoms with Crippen LogP contribution in [0.2, 0.25) is 0 Å². The van der Waals surface area contributed by atoms with Gasteiger partial charge in [-0.1, -0.05) is 56.3 Å². The molecular formula is C23H23N3. The van der Waals surface area contributed by atoms with Gasteiger partial charge in [-0.3, -0.25) is 0 Å². The number of rotatable bonds is 3. The number of hydrogen-bond acceptors (Lipinski definition) is 3. The summed E-state index contributed by atoms with van der Waals surface area (Å²) in [5.41, 5.74) is 5.88. The summed E-state index contributed by atoms with van der Waals surface area (Å²) < 4.78 is 0. The SMILES string of the molecule is CCC12CC1(CC)N1C=CN3C(c4ccccc4)=Nc4cccc2c4C31. The molecule has 3 atom stereocenters. The van der Waals surface area contributed by atoms with Crippen molar-refractivity contribution in [1.29, 1.82) is 0 Å². The molecule has 0 N–H and O–H groups in total. The Kier molecular flexibility index (Phi) is 2.58. The second-order valence-corrected chi connectivity index (χ2v) is 8.02. The van der Waals surface area contributed by atoms with Gasteiger partial charge in [0, 0.05) is 28.9 Å². The van der Waals surface area contributed by atoms with Crippen molar-refractivity contribution in [3.8, 4) is 0 Å². The molecule has 26 heavy (non-hydrogen) atoms. The van der Waals surface area contributed by atoms with E-state index < -0.39 is 0 Å². The van der Waals surface area contributed by atoms with Gasteiger partial charge in [0.15, 0.2) is 0 Å². The molecule has 2 aromatic rings. The van der Waals surface area contributed by atoms with Crippen molar-refractivity contribution in [1.82, 2.24) is 9.80 Å². The molecule has 3 unspecified atom stereocenters. The Morgan fingerprint density at radius 2 is 1.85 bits per heavy atom. The molecule has 3 nitrogen and oxygen atoms in total. The molecular weight excluding hydrogens is 318 g/mol. The molecule has 3 heteroatoms. The molecule has 0 amide bonds. The number of fused-ring (bicyclic) bond motifs is 3. The summed E-state index contributed by atoms with van der Waals surface area (Å²) in [6.07, 6.45) is 8.49. The zero-order valence-electron chi connectivity index (χ0n) is 15.3. The van der Waals surface area contributed by atoms with Gasteiger partial charge in [-0.05, 0) is 30.9 Å². The van der Waals surface area contributed by atoms with Gasteiger partial charge >= 0.3 is 0 Å². The number of aliphatic imine (C=N–C) groups is 1. The van der Waals surface area contributed by atoms with E-state index in [-0.39, 0.29) is 11.7 Å². The maximum Gasteiger partial charge on any atom is 0.142 e. The van der Waals surface area contributed by atoms with E-state index in [1.807, 2.05) is 0 Å². The summed E-state index contributed by atoms with van der Waals surface area (Å²) in [6.45, 7) is 4.72. The molecule has 1 saturated carbocycles. The molecule has 6 rings (SSSR count). The van der Waals surface area contributed by atoms with E-state index in [4.69, 9.17) is 4.99 Å². The second-order valence-electron chi connectivity index (χ2n) is 8.02. The summed E-state index contributed by atoms with van der Waals surface area (Å²) >= 11 is 0. The van der Waals surface area contributed by atoms with Crippen molar-refractivity contribution in [2.24, 2.45) is 4.99 Å². The van der Waals surface area contributed by atoms with Crippen LogP contribution >= 0.6 is 0 Å². The van der Waals surface area contributed by atoms with Gasteiger partial charge in [0.05, 0.1) is 11.2 Å². The number of amidine groups is 1. The first kappa shape index (κ1) is 14.6. The van der Waals surface area contributed by atoms with Crippen molar-refractivity contribution in [2.75, 3.05) is 0 Å². The Balaban J connectivity index is 1.63. The maximum absolute atomic E-state index is 5.12. The largest absolute Gasteiger partial charge is 0.345 e. The van der Waals surface area contributed by atoms with Gasteiger partial charge in [-0.25, -0.2) is 4.99 Å². The van der Waals surface area contributed by atoms with Crippen LogP contribution < -0.4 is 0 Å². The van der Waals surface area contributed by atoms with Gasteiger partial charge < -0.3 is 9.80 Å². The first-order valence-corrected chi connectivity index (χ1v) is 9.78. The van der Waals surface area contributed by atoms with Crippen LogP contribution in [-0.4, -0.2) is 21.2 Å². The molecule has 0 radical (unpaired) electrons. The van der Waals surface area contributed by atoms with E-state index in [9.17, 15) is 0 Å². The third-order valence-corrected chi connectivity index (χ3v) is 7.32. The van der Waals surface area contributed by atoms with E-state index in [1.54, 1.807) is 5.56 Å². The zero-order valence-corrected chi connectivity index (χ0v) is 15.3. The molecule has 0 aromatic heterocycles. The highest BCUT2D eigenvalue weighted by Crippen LogP contribution is 2.72. The molecule has 1 aliphatic carbocycles. The normalized spacial score (nSPS) is 32.2. The van der Waals surface area contributed by atoms with Gasteiger partial charge in [-0.15, -0.1) is 0 Å². The number of hydrogen-bond donors (Lipinski definition) is 0. The smallest absolute Gasteiger partial charge is 0.142 e. The third-order valence-electron chi connectivity index (χ3n) is 7.32. The lowest BCUT2D eigenvalue weighted by Crippen LogP contribution is -2.50. The first-order valence-electron chi connectivity index (χ1n) is 9.78. The average Bonchev–Trinajstić information content (AvgIpc) is 3.21. The monoisotopic (exact) mass is 341 g/mol. The van der Waals surface area contributed by atoms with Crippen molar-refractivity contribution in [3.63, 3.8) is 0 Å². The van der Waals surface area contributed by atoms with Crippen molar-refractivity contribution >= 4 is 11.5 Å². The van der Waals surface area contributed by atoms with Gasteiger partial charge in [-0.2, -0.15) is 0 Å². The molecule has 1 fully saturated rings. The average molecular weight is 341 g/mol. The van der Waals surface area contributed by atoms with Crippen molar-refractivity contribution in [3.05, 3.63) is 77.6 Å². The highest BCUT2D eigenvalue weighted by molar-refractivity contribution is 6.03. The fourth-order valence-corrected chi connectivity index (χ4v) is 6.02. The predicted octanol–water partition coefficient (Wildman–Crippen LogP) is 5.08. The molecule has 3 heterocycles. The minimum atomic E-state index is 0.260. The summed E-state index contributed by atoms with van der Waals surface area (Å²) in [6, 6.07) is 17.4. The van der Waals surface area contributed by atoms with Crippen molar-refractivity contribution < 1.29 is 0 Å². The summed E-state index contributed by atoms with van der Waals surface area (Å²) in [5, 5.41) is 0. The summed E-state index contributed by atoms with van der Waals surface area (Å²) in [4.78, 5) is 10.2. The van der Waals surface area contributed by atoms with Crippen LogP contribution in [0.25, 0.3) is 0 Å². The Labute approximate surface area is 154 Å². The van der Waals surface area contributed by atoms with E-state index in [0.717, 1.165) is 11.5 Å². The van der Waals surface area contributed by atoms with Gasteiger partial charge in [0.2, 0.25) is 0 Å². The van der Waals surface area contributed by atoms with Crippen LogP contribution in [-0.2, 0) is 5.41 Å². The molecule has 130 valence electrons. The molecule has 2 aromatic carbocycles. The quantitative estimate of drug-likeness (QED) is 0.775. The maximum atomic E-state index is 5.12. The third kappa shape index (κ3) is 1.42. The minimum Gasteiger partial charge on any atom is -0.345 e. The van der Waals surface area contributed by atoms with Gasteiger partial charge in [0.25, 0.3) is 0 Å². The topological polar surface area (TPSA) is 18.8 Å².